The fraction of sp³-hybridized carbons (Fsp3) is 0.235. The molecule has 3 rings (SSSR count). The lowest BCUT2D eigenvalue weighted by molar-refractivity contribution is -0.115. The van der Waals surface area contributed by atoms with Gasteiger partial charge in [0.15, 0.2) is 0 Å². The first-order chi connectivity index (χ1) is 11.1. The molecule has 2 aromatic heterocycles. The number of para-hydroxylation sites is 1. The second-order valence-corrected chi connectivity index (χ2v) is 7.79. The summed E-state index contributed by atoms with van der Waals surface area (Å²) in [5, 5.41) is 4.62. The average Bonchev–Trinajstić information content (AvgIpc) is 2.84. The topological polar surface area (TPSA) is 54.9 Å². The molecule has 0 bridgehead atoms. The van der Waals surface area contributed by atoms with Crippen molar-refractivity contribution >= 4 is 44.9 Å². The summed E-state index contributed by atoms with van der Waals surface area (Å²) < 4.78 is 0. The number of benzene rings is 1. The largest absolute Gasteiger partial charge is 0.325 e. The van der Waals surface area contributed by atoms with E-state index in [0.717, 1.165) is 20.9 Å². The third-order valence-electron chi connectivity index (χ3n) is 3.63. The number of nitrogens with one attached hydrogen (secondary N) is 1. The van der Waals surface area contributed by atoms with Crippen molar-refractivity contribution < 1.29 is 4.79 Å². The molecule has 3 aromatic rings. The van der Waals surface area contributed by atoms with Crippen LogP contribution >= 0.6 is 23.1 Å². The first kappa shape index (κ1) is 16.0. The van der Waals surface area contributed by atoms with E-state index < -0.39 is 0 Å². The number of hydrogen-bond donors (Lipinski definition) is 1. The average molecular weight is 343 g/mol. The maximum Gasteiger partial charge on any atom is 0.237 e. The summed E-state index contributed by atoms with van der Waals surface area (Å²) in [6.07, 6.45) is 1.57. The van der Waals surface area contributed by atoms with Gasteiger partial charge < -0.3 is 5.32 Å². The van der Waals surface area contributed by atoms with E-state index in [4.69, 9.17) is 0 Å². The second kappa shape index (κ2) is 6.68. The van der Waals surface area contributed by atoms with E-state index in [9.17, 15) is 4.79 Å². The minimum Gasteiger partial charge on any atom is -0.325 e. The molecule has 0 saturated heterocycles. The Morgan fingerprint density at radius 2 is 1.96 bits per heavy atom. The minimum atomic E-state index is -0.243. The first-order valence-corrected chi connectivity index (χ1v) is 8.99. The summed E-state index contributed by atoms with van der Waals surface area (Å²) in [6, 6.07) is 9.49. The molecule has 1 N–H and O–H groups in total. The summed E-state index contributed by atoms with van der Waals surface area (Å²) in [4.78, 5) is 23.3. The van der Waals surface area contributed by atoms with Crippen molar-refractivity contribution in [1.82, 2.24) is 9.97 Å². The van der Waals surface area contributed by atoms with E-state index in [1.54, 1.807) is 17.7 Å². The van der Waals surface area contributed by atoms with E-state index >= 15 is 0 Å². The summed E-state index contributed by atoms with van der Waals surface area (Å²) in [5.74, 6) is -0.0300. The number of rotatable bonds is 4. The number of anilines is 1. The van der Waals surface area contributed by atoms with Gasteiger partial charge in [0.25, 0.3) is 0 Å². The maximum atomic E-state index is 12.4. The first-order valence-electron chi connectivity index (χ1n) is 7.29. The molecule has 0 aliphatic heterocycles. The molecule has 0 aliphatic rings. The highest BCUT2D eigenvalue weighted by Crippen LogP contribution is 2.36. The van der Waals surface area contributed by atoms with E-state index in [0.29, 0.717) is 0 Å². The Balaban J connectivity index is 1.80. The van der Waals surface area contributed by atoms with E-state index in [-0.39, 0.29) is 11.2 Å². The van der Waals surface area contributed by atoms with E-state index in [1.165, 1.54) is 22.2 Å². The lowest BCUT2D eigenvalue weighted by Gasteiger charge is -2.12. The second-order valence-electron chi connectivity index (χ2n) is 5.26. The SMILES string of the molecule is Cc1sc2ncnc(S[C@@H](C)C(=O)Nc3ccccc3)c2c1C. The number of nitrogens with zero attached hydrogens (tertiary/aromatic N) is 2. The van der Waals surface area contributed by atoms with Gasteiger partial charge in [0.1, 0.15) is 16.2 Å². The predicted octanol–water partition coefficient (Wildman–Crippen LogP) is 4.43. The van der Waals surface area contributed by atoms with Gasteiger partial charge >= 0.3 is 0 Å². The standard InChI is InChI=1S/C17H17N3OS2/c1-10-11(2)22-16-14(10)17(19-9-18-16)23-12(3)15(21)20-13-7-5-4-6-8-13/h4-9,12H,1-3H3,(H,20,21)/t12-/m0/s1. The highest BCUT2D eigenvalue weighted by Gasteiger charge is 2.19. The molecule has 1 atom stereocenters. The molecule has 0 fully saturated rings. The van der Waals surface area contributed by atoms with Crippen LogP contribution in [-0.4, -0.2) is 21.1 Å². The molecule has 1 aromatic carbocycles. The van der Waals surface area contributed by atoms with Gasteiger partial charge in [-0.25, -0.2) is 9.97 Å². The molecule has 23 heavy (non-hydrogen) atoms. The van der Waals surface area contributed by atoms with Crippen LogP contribution in [0, 0.1) is 13.8 Å². The van der Waals surface area contributed by atoms with Gasteiger partial charge in [0.2, 0.25) is 5.91 Å². The zero-order valence-electron chi connectivity index (χ0n) is 13.2. The molecular weight excluding hydrogens is 326 g/mol. The normalized spacial score (nSPS) is 12.3. The van der Waals surface area contributed by atoms with Crippen LogP contribution in [0.25, 0.3) is 10.2 Å². The number of aromatic nitrogens is 2. The number of aryl methyl sites for hydroxylation is 2. The lowest BCUT2D eigenvalue weighted by Crippen LogP contribution is -2.22. The Labute approximate surface area is 143 Å². The Kier molecular flexibility index (Phi) is 4.63. The maximum absolute atomic E-state index is 12.4. The van der Waals surface area contributed by atoms with Crippen molar-refractivity contribution in [3.05, 3.63) is 47.1 Å². The van der Waals surface area contributed by atoms with Crippen LogP contribution in [0.3, 0.4) is 0 Å². The number of thiophene rings is 1. The third-order valence-corrected chi connectivity index (χ3v) is 5.85. The third kappa shape index (κ3) is 3.38. The van der Waals surface area contributed by atoms with Crippen LogP contribution in [0.4, 0.5) is 5.69 Å². The van der Waals surface area contributed by atoms with Crippen LogP contribution in [0.2, 0.25) is 0 Å². The molecular formula is C17H17N3OS2. The zero-order valence-corrected chi connectivity index (χ0v) is 14.8. The van der Waals surface area contributed by atoms with Crippen LogP contribution in [0.15, 0.2) is 41.7 Å². The predicted molar refractivity (Wildman–Crippen MR) is 97.3 cm³/mol. The molecule has 118 valence electrons. The summed E-state index contributed by atoms with van der Waals surface area (Å²) in [7, 11) is 0. The van der Waals surface area contributed by atoms with Gasteiger partial charge in [-0.05, 0) is 38.5 Å². The summed E-state index contributed by atoms with van der Waals surface area (Å²) in [6.45, 7) is 6.06. The fourth-order valence-electron chi connectivity index (χ4n) is 2.23. The Morgan fingerprint density at radius 1 is 1.22 bits per heavy atom. The number of amides is 1. The van der Waals surface area contributed by atoms with Crippen LogP contribution in [0.1, 0.15) is 17.4 Å². The number of carbonyl (C=O) groups excluding carboxylic acids is 1. The number of carbonyl (C=O) groups is 1. The molecule has 4 nitrogen and oxygen atoms in total. The lowest BCUT2D eigenvalue weighted by atomic mass is 10.2. The van der Waals surface area contributed by atoms with Crippen LogP contribution < -0.4 is 5.32 Å². The van der Waals surface area contributed by atoms with Crippen molar-refractivity contribution in [3.63, 3.8) is 0 Å². The quantitative estimate of drug-likeness (QED) is 0.562. The van der Waals surface area contributed by atoms with Gasteiger partial charge in [0, 0.05) is 16.0 Å². The van der Waals surface area contributed by atoms with Crippen LogP contribution in [0.5, 0.6) is 0 Å². The van der Waals surface area contributed by atoms with Gasteiger partial charge in [-0.3, -0.25) is 4.79 Å². The van der Waals surface area contributed by atoms with Gasteiger partial charge in [-0.1, -0.05) is 30.0 Å². The van der Waals surface area contributed by atoms with Crippen LogP contribution in [-0.2, 0) is 4.79 Å². The molecule has 0 saturated carbocycles. The smallest absolute Gasteiger partial charge is 0.237 e. The molecule has 1 amide bonds. The molecule has 0 spiro atoms. The fourth-order valence-corrected chi connectivity index (χ4v) is 4.26. The molecule has 6 heteroatoms. The highest BCUT2D eigenvalue weighted by molar-refractivity contribution is 8.00. The molecule has 0 radical (unpaired) electrons. The van der Waals surface area contributed by atoms with Crippen molar-refractivity contribution in [1.29, 1.82) is 0 Å². The highest BCUT2D eigenvalue weighted by atomic mass is 32.2. The molecule has 0 unspecified atom stereocenters. The summed E-state index contributed by atoms with van der Waals surface area (Å²) in [5.41, 5.74) is 2.00. The van der Waals surface area contributed by atoms with Crippen molar-refractivity contribution in [2.75, 3.05) is 5.32 Å². The minimum absolute atomic E-state index is 0.0300. The van der Waals surface area contributed by atoms with E-state index in [2.05, 4.69) is 29.1 Å². The van der Waals surface area contributed by atoms with Gasteiger partial charge in [-0.2, -0.15) is 0 Å². The van der Waals surface area contributed by atoms with E-state index in [1.807, 2.05) is 37.3 Å². The monoisotopic (exact) mass is 343 g/mol. The Morgan fingerprint density at radius 3 is 2.70 bits per heavy atom. The zero-order chi connectivity index (χ0) is 16.4. The van der Waals surface area contributed by atoms with Crippen molar-refractivity contribution in [2.24, 2.45) is 0 Å². The number of fused-ring (bicyclic) bond motifs is 1. The number of thioether (sulfide) groups is 1. The molecule has 2 heterocycles. The van der Waals surface area contributed by atoms with Gasteiger partial charge in [0.05, 0.1) is 5.25 Å². The van der Waals surface area contributed by atoms with Gasteiger partial charge in [-0.15, -0.1) is 11.3 Å². The summed E-state index contributed by atoms with van der Waals surface area (Å²) >= 11 is 3.14. The number of hydrogen-bond acceptors (Lipinski definition) is 5. The van der Waals surface area contributed by atoms with Crippen molar-refractivity contribution in [3.8, 4) is 0 Å². The Hall–Kier alpha value is -1.92. The Bertz CT molecular complexity index is 846. The van der Waals surface area contributed by atoms with Crippen molar-refractivity contribution in [2.45, 2.75) is 31.0 Å². The molecule has 0 aliphatic carbocycles.